The number of nitrogens with zero attached hydrogens (tertiary/aromatic N) is 3. The van der Waals surface area contributed by atoms with E-state index in [1.54, 1.807) is 6.33 Å². The Morgan fingerprint density at radius 2 is 2.19 bits per heavy atom. The van der Waals surface area contributed by atoms with E-state index in [1.807, 2.05) is 35.9 Å². The standard InChI is InChI=1S/C15H19N5O/c1-20-10-17-19-14(20)11-4-6-13(7-5-11)18-15(21)12-3-2-8-16-9-12/h4-7,10,12,16H,2-3,8-9H2,1H3,(H,18,21). The van der Waals surface area contributed by atoms with Crippen LogP contribution >= 0.6 is 0 Å². The van der Waals surface area contributed by atoms with Crippen LogP contribution in [0.1, 0.15) is 12.8 Å². The molecule has 0 aliphatic carbocycles. The van der Waals surface area contributed by atoms with E-state index in [4.69, 9.17) is 0 Å². The van der Waals surface area contributed by atoms with Gasteiger partial charge in [-0.3, -0.25) is 4.79 Å². The molecule has 0 spiro atoms. The number of hydrogen-bond acceptors (Lipinski definition) is 4. The maximum absolute atomic E-state index is 12.2. The molecule has 1 fully saturated rings. The number of piperidine rings is 1. The van der Waals surface area contributed by atoms with Gasteiger partial charge in [0.05, 0.1) is 5.92 Å². The van der Waals surface area contributed by atoms with Crippen molar-refractivity contribution in [2.24, 2.45) is 13.0 Å². The molecule has 1 saturated heterocycles. The fourth-order valence-corrected chi connectivity index (χ4v) is 2.57. The summed E-state index contributed by atoms with van der Waals surface area (Å²) < 4.78 is 1.86. The Kier molecular flexibility index (Phi) is 3.96. The molecule has 0 saturated carbocycles. The van der Waals surface area contributed by atoms with Gasteiger partial charge >= 0.3 is 0 Å². The zero-order valence-electron chi connectivity index (χ0n) is 12.0. The Bertz CT molecular complexity index is 613. The average Bonchev–Trinajstić information content (AvgIpc) is 2.95. The SMILES string of the molecule is Cn1cnnc1-c1ccc(NC(=O)C2CCCNC2)cc1. The van der Waals surface area contributed by atoms with Gasteiger partial charge in [-0.2, -0.15) is 0 Å². The highest BCUT2D eigenvalue weighted by Gasteiger charge is 2.20. The first kappa shape index (κ1) is 13.8. The number of anilines is 1. The molecular weight excluding hydrogens is 266 g/mol. The van der Waals surface area contributed by atoms with Crippen molar-refractivity contribution in [1.82, 2.24) is 20.1 Å². The first-order valence-electron chi connectivity index (χ1n) is 7.20. The predicted molar refractivity (Wildman–Crippen MR) is 80.7 cm³/mol. The van der Waals surface area contributed by atoms with Crippen molar-refractivity contribution in [3.63, 3.8) is 0 Å². The molecule has 2 heterocycles. The van der Waals surface area contributed by atoms with Crippen molar-refractivity contribution in [3.8, 4) is 11.4 Å². The zero-order valence-corrected chi connectivity index (χ0v) is 12.0. The van der Waals surface area contributed by atoms with Gasteiger partial charge in [-0.1, -0.05) is 0 Å². The average molecular weight is 285 g/mol. The van der Waals surface area contributed by atoms with E-state index < -0.39 is 0 Å². The van der Waals surface area contributed by atoms with E-state index in [-0.39, 0.29) is 11.8 Å². The van der Waals surface area contributed by atoms with Gasteiger partial charge in [0.15, 0.2) is 5.82 Å². The van der Waals surface area contributed by atoms with Crippen LogP contribution in [0.15, 0.2) is 30.6 Å². The second-order valence-electron chi connectivity index (χ2n) is 5.38. The van der Waals surface area contributed by atoms with E-state index in [2.05, 4.69) is 20.8 Å². The molecule has 6 nitrogen and oxygen atoms in total. The van der Waals surface area contributed by atoms with Gasteiger partial charge in [0.2, 0.25) is 5.91 Å². The minimum atomic E-state index is 0.0668. The normalized spacial score (nSPS) is 18.4. The highest BCUT2D eigenvalue weighted by Crippen LogP contribution is 2.20. The molecule has 1 aliphatic heterocycles. The minimum absolute atomic E-state index is 0.0668. The Labute approximate surface area is 123 Å². The molecule has 21 heavy (non-hydrogen) atoms. The summed E-state index contributed by atoms with van der Waals surface area (Å²) in [6.07, 6.45) is 3.68. The quantitative estimate of drug-likeness (QED) is 0.894. The van der Waals surface area contributed by atoms with Crippen LogP contribution in [0.3, 0.4) is 0 Å². The second-order valence-corrected chi connectivity index (χ2v) is 5.38. The summed E-state index contributed by atoms with van der Waals surface area (Å²) in [5, 5.41) is 14.2. The smallest absolute Gasteiger partial charge is 0.228 e. The number of hydrogen-bond donors (Lipinski definition) is 2. The lowest BCUT2D eigenvalue weighted by Gasteiger charge is -2.21. The maximum atomic E-state index is 12.2. The summed E-state index contributed by atoms with van der Waals surface area (Å²) in [5.74, 6) is 0.968. The molecule has 1 unspecified atom stereocenters. The fraction of sp³-hybridized carbons (Fsp3) is 0.400. The molecule has 1 aromatic carbocycles. The highest BCUT2D eigenvalue weighted by molar-refractivity contribution is 5.93. The van der Waals surface area contributed by atoms with Crippen molar-refractivity contribution >= 4 is 11.6 Å². The molecule has 1 atom stereocenters. The molecule has 2 N–H and O–H groups in total. The van der Waals surface area contributed by atoms with E-state index in [9.17, 15) is 4.79 Å². The molecule has 1 aliphatic rings. The summed E-state index contributed by atoms with van der Waals surface area (Å²) in [7, 11) is 1.90. The molecule has 0 bridgehead atoms. The molecule has 110 valence electrons. The van der Waals surface area contributed by atoms with Gasteiger partial charge in [-0.25, -0.2) is 0 Å². The topological polar surface area (TPSA) is 71.8 Å². The third kappa shape index (κ3) is 3.11. The lowest BCUT2D eigenvalue weighted by molar-refractivity contribution is -0.120. The Balaban J connectivity index is 1.67. The summed E-state index contributed by atoms with van der Waals surface area (Å²) in [4.78, 5) is 12.2. The number of amides is 1. The number of carbonyl (C=O) groups is 1. The predicted octanol–water partition coefficient (Wildman–Crippen LogP) is 1.42. The molecule has 6 heteroatoms. The lowest BCUT2D eigenvalue weighted by atomic mass is 9.99. The Morgan fingerprint density at radius 3 is 2.81 bits per heavy atom. The summed E-state index contributed by atoms with van der Waals surface area (Å²) in [6.45, 7) is 1.78. The van der Waals surface area contributed by atoms with Crippen LogP contribution in [0.5, 0.6) is 0 Å². The van der Waals surface area contributed by atoms with Crippen LogP contribution < -0.4 is 10.6 Å². The largest absolute Gasteiger partial charge is 0.326 e. The van der Waals surface area contributed by atoms with Gasteiger partial charge in [-0.05, 0) is 43.7 Å². The van der Waals surface area contributed by atoms with Crippen molar-refractivity contribution in [2.75, 3.05) is 18.4 Å². The van der Waals surface area contributed by atoms with E-state index in [0.717, 1.165) is 43.0 Å². The van der Waals surface area contributed by atoms with Crippen LogP contribution in [0.2, 0.25) is 0 Å². The van der Waals surface area contributed by atoms with Gasteiger partial charge in [0.1, 0.15) is 6.33 Å². The summed E-state index contributed by atoms with van der Waals surface area (Å²) >= 11 is 0. The first-order valence-corrected chi connectivity index (χ1v) is 7.20. The number of carbonyl (C=O) groups excluding carboxylic acids is 1. The van der Waals surface area contributed by atoms with Crippen molar-refractivity contribution < 1.29 is 4.79 Å². The first-order chi connectivity index (χ1) is 10.2. The molecule has 1 aromatic heterocycles. The molecule has 1 amide bonds. The summed E-state index contributed by atoms with van der Waals surface area (Å²) in [5.41, 5.74) is 1.80. The number of benzene rings is 1. The van der Waals surface area contributed by atoms with Gasteiger partial charge < -0.3 is 15.2 Å². The monoisotopic (exact) mass is 285 g/mol. The van der Waals surface area contributed by atoms with Crippen molar-refractivity contribution in [2.45, 2.75) is 12.8 Å². The number of rotatable bonds is 3. The van der Waals surface area contributed by atoms with Crippen molar-refractivity contribution in [1.29, 1.82) is 0 Å². The Morgan fingerprint density at radius 1 is 1.38 bits per heavy atom. The van der Waals surface area contributed by atoms with E-state index in [0.29, 0.717) is 0 Å². The van der Waals surface area contributed by atoms with Crippen LogP contribution in [0.25, 0.3) is 11.4 Å². The molecule has 0 radical (unpaired) electrons. The number of aryl methyl sites for hydroxylation is 1. The summed E-state index contributed by atoms with van der Waals surface area (Å²) in [6, 6.07) is 7.69. The van der Waals surface area contributed by atoms with Crippen LogP contribution in [-0.4, -0.2) is 33.8 Å². The molecular formula is C15H19N5O. The van der Waals surface area contributed by atoms with E-state index in [1.165, 1.54) is 0 Å². The van der Waals surface area contributed by atoms with Gasteiger partial charge in [0, 0.05) is 24.8 Å². The minimum Gasteiger partial charge on any atom is -0.326 e. The third-order valence-electron chi connectivity index (χ3n) is 3.79. The third-order valence-corrected chi connectivity index (χ3v) is 3.79. The zero-order chi connectivity index (χ0) is 14.7. The maximum Gasteiger partial charge on any atom is 0.228 e. The number of nitrogens with one attached hydrogen (secondary N) is 2. The van der Waals surface area contributed by atoms with Crippen LogP contribution in [0.4, 0.5) is 5.69 Å². The Hall–Kier alpha value is -2.21. The second kappa shape index (κ2) is 6.05. The molecule has 2 aromatic rings. The van der Waals surface area contributed by atoms with Crippen molar-refractivity contribution in [3.05, 3.63) is 30.6 Å². The van der Waals surface area contributed by atoms with Crippen LogP contribution in [-0.2, 0) is 11.8 Å². The fourth-order valence-electron chi connectivity index (χ4n) is 2.57. The van der Waals surface area contributed by atoms with Gasteiger partial charge in [-0.15, -0.1) is 10.2 Å². The van der Waals surface area contributed by atoms with E-state index >= 15 is 0 Å². The molecule has 3 rings (SSSR count). The van der Waals surface area contributed by atoms with Crippen LogP contribution in [0, 0.1) is 5.92 Å². The highest BCUT2D eigenvalue weighted by atomic mass is 16.1. The van der Waals surface area contributed by atoms with Gasteiger partial charge in [0.25, 0.3) is 0 Å². The lowest BCUT2D eigenvalue weighted by Crippen LogP contribution is -2.37. The number of aromatic nitrogens is 3.